The second-order valence-corrected chi connectivity index (χ2v) is 5.06. The van der Waals surface area contributed by atoms with E-state index < -0.39 is 5.97 Å². The SMILES string of the molecule is CC(NC1CCC(C(=O)O)CC1)c1ccncc1. The van der Waals surface area contributed by atoms with Gasteiger partial charge in [0.2, 0.25) is 0 Å². The van der Waals surface area contributed by atoms with Crippen molar-refractivity contribution in [3.63, 3.8) is 0 Å². The van der Waals surface area contributed by atoms with E-state index in [4.69, 9.17) is 5.11 Å². The number of carbonyl (C=O) groups is 1. The molecule has 1 aliphatic carbocycles. The first-order valence-corrected chi connectivity index (χ1v) is 6.55. The van der Waals surface area contributed by atoms with Gasteiger partial charge in [-0.05, 0) is 50.3 Å². The predicted octanol–water partition coefficient (Wildman–Crippen LogP) is 2.38. The number of aliphatic carboxylic acids is 1. The van der Waals surface area contributed by atoms with Gasteiger partial charge in [0.1, 0.15) is 0 Å². The number of pyridine rings is 1. The van der Waals surface area contributed by atoms with E-state index in [9.17, 15) is 4.79 Å². The fraction of sp³-hybridized carbons (Fsp3) is 0.571. The average molecular weight is 248 g/mol. The molecule has 0 amide bonds. The van der Waals surface area contributed by atoms with Gasteiger partial charge >= 0.3 is 5.97 Å². The molecule has 1 aromatic heterocycles. The fourth-order valence-corrected chi connectivity index (χ4v) is 2.61. The molecule has 4 heteroatoms. The zero-order chi connectivity index (χ0) is 13.0. The number of hydrogen-bond acceptors (Lipinski definition) is 3. The molecule has 0 radical (unpaired) electrons. The molecule has 1 aliphatic rings. The summed E-state index contributed by atoms with van der Waals surface area (Å²) < 4.78 is 0. The highest BCUT2D eigenvalue weighted by molar-refractivity contribution is 5.70. The van der Waals surface area contributed by atoms with Crippen LogP contribution in [0.25, 0.3) is 0 Å². The molecule has 4 nitrogen and oxygen atoms in total. The summed E-state index contributed by atoms with van der Waals surface area (Å²) in [5.41, 5.74) is 1.23. The van der Waals surface area contributed by atoms with Crippen LogP contribution in [0.4, 0.5) is 0 Å². The van der Waals surface area contributed by atoms with Crippen LogP contribution in [0.3, 0.4) is 0 Å². The van der Waals surface area contributed by atoms with E-state index in [1.807, 2.05) is 12.1 Å². The second kappa shape index (κ2) is 5.96. The first-order valence-electron chi connectivity index (χ1n) is 6.55. The van der Waals surface area contributed by atoms with Gasteiger partial charge in [0.05, 0.1) is 5.92 Å². The van der Waals surface area contributed by atoms with Gasteiger partial charge in [-0.25, -0.2) is 0 Å². The third-order valence-electron chi connectivity index (χ3n) is 3.77. The van der Waals surface area contributed by atoms with Crippen molar-refractivity contribution in [3.8, 4) is 0 Å². The van der Waals surface area contributed by atoms with Gasteiger partial charge < -0.3 is 10.4 Å². The summed E-state index contributed by atoms with van der Waals surface area (Å²) in [6, 6.07) is 4.75. The van der Waals surface area contributed by atoms with Crippen molar-refractivity contribution in [2.75, 3.05) is 0 Å². The standard InChI is InChI=1S/C14H20N2O2/c1-10(11-6-8-15-9-7-11)16-13-4-2-12(3-5-13)14(17)18/h6-10,12-13,16H,2-5H2,1H3,(H,17,18). The Morgan fingerprint density at radius 2 is 1.94 bits per heavy atom. The molecule has 1 aromatic rings. The van der Waals surface area contributed by atoms with Crippen molar-refractivity contribution >= 4 is 5.97 Å². The van der Waals surface area contributed by atoms with E-state index in [1.54, 1.807) is 12.4 Å². The van der Waals surface area contributed by atoms with Crippen LogP contribution < -0.4 is 5.32 Å². The van der Waals surface area contributed by atoms with Crippen LogP contribution in [0.5, 0.6) is 0 Å². The maximum absolute atomic E-state index is 10.9. The molecule has 0 saturated heterocycles. The largest absolute Gasteiger partial charge is 0.481 e. The van der Waals surface area contributed by atoms with Crippen LogP contribution in [-0.2, 0) is 4.79 Å². The van der Waals surface area contributed by atoms with Crippen LogP contribution >= 0.6 is 0 Å². The second-order valence-electron chi connectivity index (χ2n) is 5.06. The molecule has 2 rings (SSSR count). The molecule has 1 atom stereocenters. The Labute approximate surface area is 107 Å². The van der Waals surface area contributed by atoms with Gasteiger partial charge in [-0.1, -0.05) is 0 Å². The van der Waals surface area contributed by atoms with Crippen molar-refractivity contribution in [2.24, 2.45) is 5.92 Å². The summed E-state index contributed by atoms with van der Waals surface area (Å²) in [4.78, 5) is 14.9. The lowest BCUT2D eigenvalue weighted by Gasteiger charge is -2.29. The highest BCUT2D eigenvalue weighted by atomic mass is 16.4. The lowest BCUT2D eigenvalue weighted by Crippen LogP contribution is -2.36. The number of carboxylic acid groups (broad SMARTS) is 1. The average Bonchev–Trinajstić information content (AvgIpc) is 2.40. The molecule has 2 N–H and O–H groups in total. The minimum Gasteiger partial charge on any atom is -0.481 e. The quantitative estimate of drug-likeness (QED) is 0.858. The van der Waals surface area contributed by atoms with Gasteiger partial charge in [-0.2, -0.15) is 0 Å². The van der Waals surface area contributed by atoms with E-state index in [0.717, 1.165) is 25.7 Å². The van der Waals surface area contributed by atoms with Crippen LogP contribution in [0.1, 0.15) is 44.2 Å². The van der Waals surface area contributed by atoms with Crippen LogP contribution in [0.15, 0.2) is 24.5 Å². The zero-order valence-electron chi connectivity index (χ0n) is 10.7. The van der Waals surface area contributed by atoms with E-state index in [2.05, 4.69) is 17.2 Å². The van der Waals surface area contributed by atoms with Gasteiger partial charge in [0, 0.05) is 24.5 Å². The molecule has 0 aromatic carbocycles. The smallest absolute Gasteiger partial charge is 0.306 e. The summed E-state index contributed by atoms with van der Waals surface area (Å²) in [5, 5.41) is 12.5. The van der Waals surface area contributed by atoms with E-state index >= 15 is 0 Å². The third kappa shape index (κ3) is 3.29. The number of nitrogens with one attached hydrogen (secondary N) is 1. The Morgan fingerprint density at radius 1 is 1.33 bits per heavy atom. The molecule has 1 fully saturated rings. The Bertz CT molecular complexity index is 386. The molecule has 0 aliphatic heterocycles. The zero-order valence-corrected chi connectivity index (χ0v) is 10.7. The molecule has 0 spiro atoms. The predicted molar refractivity (Wildman–Crippen MR) is 69.2 cm³/mol. The Balaban J connectivity index is 1.83. The molecule has 18 heavy (non-hydrogen) atoms. The van der Waals surface area contributed by atoms with Crippen molar-refractivity contribution < 1.29 is 9.90 Å². The Kier molecular flexibility index (Phi) is 4.31. The minimum absolute atomic E-state index is 0.140. The molecule has 1 heterocycles. The molecule has 1 saturated carbocycles. The minimum atomic E-state index is -0.643. The van der Waals surface area contributed by atoms with Crippen molar-refractivity contribution in [3.05, 3.63) is 30.1 Å². The summed E-state index contributed by atoms with van der Waals surface area (Å²) in [6.45, 7) is 2.14. The number of hydrogen-bond donors (Lipinski definition) is 2. The van der Waals surface area contributed by atoms with Crippen molar-refractivity contribution in [2.45, 2.75) is 44.7 Å². The van der Waals surface area contributed by atoms with Crippen molar-refractivity contribution in [1.29, 1.82) is 0 Å². The molecular formula is C14H20N2O2. The molecule has 98 valence electrons. The summed E-state index contributed by atoms with van der Waals surface area (Å²) in [7, 11) is 0. The lowest BCUT2D eigenvalue weighted by atomic mass is 9.85. The van der Waals surface area contributed by atoms with Gasteiger partial charge in [0.15, 0.2) is 0 Å². The van der Waals surface area contributed by atoms with E-state index in [0.29, 0.717) is 12.1 Å². The molecule has 0 bridgehead atoms. The Hall–Kier alpha value is -1.42. The van der Waals surface area contributed by atoms with E-state index in [1.165, 1.54) is 5.56 Å². The van der Waals surface area contributed by atoms with Gasteiger partial charge in [-0.15, -0.1) is 0 Å². The summed E-state index contributed by atoms with van der Waals surface area (Å²) in [6.07, 6.45) is 7.08. The monoisotopic (exact) mass is 248 g/mol. The molecular weight excluding hydrogens is 228 g/mol. The maximum atomic E-state index is 10.9. The first-order chi connectivity index (χ1) is 8.66. The highest BCUT2D eigenvalue weighted by Gasteiger charge is 2.26. The van der Waals surface area contributed by atoms with E-state index in [-0.39, 0.29) is 5.92 Å². The summed E-state index contributed by atoms with van der Waals surface area (Å²) >= 11 is 0. The number of aromatic nitrogens is 1. The number of carboxylic acids is 1. The molecule has 1 unspecified atom stereocenters. The van der Waals surface area contributed by atoms with Gasteiger partial charge in [-0.3, -0.25) is 9.78 Å². The topological polar surface area (TPSA) is 62.2 Å². The third-order valence-corrected chi connectivity index (χ3v) is 3.77. The van der Waals surface area contributed by atoms with Gasteiger partial charge in [0.25, 0.3) is 0 Å². The number of rotatable bonds is 4. The normalized spacial score (nSPS) is 25.6. The highest BCUT2D eigenvalue weighted by Crippen LogP contribution is 2.26. The lowest BCUT2D eigenvalue weighted by molar-refractivity contribution is -0.142. The number of nitrogens with zero attached hydrogens (tertiary/aromatic N) is 1. The van der Waals surface area contributed by atoms with Crippen LogP contribution in [0, 0.1) is 5.92 Å². The Morgan fingerprint density at radius 3 is 2.50 bits per heavy atom. The van der Waals surface area contributed by atoms with Crippen LogP contribution in [-0.4, -0.2) is 22.1 Å². The summed E-state index contributed by atoms with van der Waals surface area (Å²) in [5.74, 6) is -0.782. The van der Waals surface area contributed by atoms with Crippen LogP contribution in [0.2, 0.25) is 0 Å². The first kappa shape index (κ1) is 13.0. The fourth-order valence-electron chi connectivity index (χ4n) is 2.61. The van der Waals surface area contributed by atoms with Crippen molar-refractivity contribution in [1.82, 2.24) is 10.3 Å². The maximum Gasteiger partial charge on any atom is 0.306 e.